The summed E-state index contributed by atoms with van der Waals surface area (Å²) >= 11 is 0. The lowest BCUT2D eigenvalue weighted by molar-refractivity contribution is -0.684. The van der Waals surface area contributed by atoms with Crippen molar-refractivity contribution in [2.75, 3.05) is 13.1 Å². The Hall–Kier alpha value is -3.93. The van der Waals surface area contributed by atoms with Crippen LogP contribution in [0.1, 0.15) is 24.1 Å². The Balaban J connectivity index is 1.14. The molecule has 1 aliphatic rings. The van der Waals surface area contributed by atoms with Crippen molar-refractivity contribution < 1.29 is 14.1 Å². The summed E-state index contributed by atoms with van der Waals surface area (Å²) in [5.74, 6) is 1.64. The summed E-state index contributed by atoms with van der Waals surface area (Å²) in [4.78, 5) is 15.0. The van der Waals surface area contributed by atoms with Crippen molar-refractivity contribution in [3.05, 3.63) is 103 Å². The average Bonchev–Trinajstić information content (AvgIpc) is 3.39. The number of hydrogen-bond donors (Lipinski definition) is 1. The van der Waals surface area contributed by atoms with E-state index in [0.29, 0.717) is 19.1 Å². The highest BCUT2D eigenvalue weighted by Gasteiger charge is 2.25. The lowest BCUT2D eigenvalue weighted by atomic mass is 9.90. The van der Waals surface area contributed by atoms with Gasteiger partial charge in [-0.1, -0.05) is 48.5 Å². The highest BCUT2D eigenvalue weighted by atomic mass is 16.5. The van der Waals surface area contributed by atoms with Crippen LogP contribution in [0.4, 0.5) is 0 Å². The van der Waals surface area contributed by atoms with Gasteiger partial charge in [0.15, 0.2) is 12.4 Å². The summed E-state index contributed by atoms with van der Waals surface area (Å²) in [5.41, 5.74) is 4.10. The van der Waals surface area contributed by atoms with Crippen LogP contribution in [0.3, 0.4) is 0 Å². The van der Waals surface area contributed by atoms with Crippen LogP contribution < -0.4 is 9.30 Å². The summed E-state index contributed by atoms with van der Waals surface area (Å²) in [7, 11) is 0. The van der Waals surface area contributed by atoms with Gasteiger partial charge in [-0.2, -0.15) is 9.67 Å². The van der Waals surface area contributed by atoms with Gasteiger partial charge in [0.25, 0.3) is 5.91 Å². The third-order valence-corrected chi connectivity index (χ3v) is 6.58. The molecule has 1 saturated heterocycles. The van der Waals surface area contributed by atoms with E-state index in [2.05, 4.69) is 40.5 Å². The molecular weight excluding hydrogens is 436 g/mol. The van der Waals surface area contributed by atoms with Crippen LogP contribution in [-0.4, -0.2) is 34.1 Å². The van der Waals surface area contributed by atoms with E-state index in [1.165, 1.54) is 5.56 Å². The van der Waals surface area contributed by atoms with Gasteiger partial charge in [-0.25, -0.2) is 0 Å². The van der Waals surface area contributed by atoms with Crippen LogP contribution in [0.5, 0.6) is 5.75 Å². The normalized spacial score (nSPS) is 14.1. The van der Waals surface area contributed by atoms with Crippen LogP contribution in [0, 0.1) is 5.92 Å². The number of carbonyl (C=O) groups excluding carboxylic acids is 1. The Morgan fingerprint density at radius 1 is 1.00 bits per heavy atom. The molecule has 0 radical (unpaired) electrons. The fourth-order valence-electron chi connectivity index (χ4n) is 4.63. The Kier molecular flexibility index (Phi) is 7.18. The Bertz CT molecular complexity index is 1230. The highest BCUT2D eigenvalue weighted by molar-refractivity contribution is 5.74. The molecule has 0 spiro atoms. The van der Waals surface area contributed by atoms with Gasteiger partial charge in [0.2, 0.25) is 6.54 Å². The summed E-state index contributed by atoms with van der Waals surface area (Å²) in [6.45, 7) is 2.41. The standard InChI is InChI=1S/C29H31N4O2/c34-29(33-16-13-24(14-17-33)18-23-8-3-1-4-9-23)21-32-15-7-10-25(20-32)28-19-26(30-31-28)22-35-27-11-5-2-6-12-27/h1-12,15,19-20,24H,13-14,16-18,21-22H2,(H,30,31)/q+1. The van der Waals surface area contributed by atoms with E-state index >= 15 is 0 Å². The Labute approximate surface area is 206 Å². The predicted molar refractivity (Wildman–Crippen MR) is 134 cm³/mol. The number of amides is 1. The number of ether oxygens (including phenoxy) is 1. The minimum absolute atomic E-state index is 0.173. The van der Waals surface area contributed by atoms with Gasteiger partial charge < -0.3 is 9.64 Å². The Morgan fingerprint density at radius 2 is 1.74 bits per heavy atom. The zero-order valence-electron chi connectivity index (χ0n) is 19.8. The van der Waals surface area contributed by atoms with Crippen molar-refractivity contribution in [3.63, 3.8) is 0 Å². The molecule has 6 heteroatoms. The number of para-hydroxylation sites is 1. The largest absolute Gasteiger partial charge is 0.487 e. The number of benzene rings is 2. The molecule has 6 nitrogen and oxygen atoms in total. The zero-order valence-corrected chi connectivity index (χ0v) is 19.8. The van der Waals surface area contributed by atoms with E-state index < -0.39 is 0 Å². The predicted octanol–water partition coefficient (Wildman–Crippen LogP) is 4.42. The van der Waals surface area contributed by atoms with Crippen molar-refractivity contribution in [3.8, 4) is 17.0 Å². The number of pyridine rings is 1. The minimum atomic E-state index is 0.173. The van der Waals surface area contributed by atoms with E-state index in [1.54, 1.807) is 0 Å². The van der Waals surface area contributed by atoms with Gasteiger partial charge in [0, 0.05) is 19.2 Å². The molecule has 0 unspecified atom stereocenters. The van der Waals surface area contributed by atoms with Gasteiger partial charge in [-0.05, 0) is 55.0 Å². The lowest BCUT2D eigenvalue weighted by Crippen LogP contribution is -2.47. The number of likely N-dealkylation sites (tertiary alicyclic amines) is 1. The second-order valence-electron chi connectivity index (χ2n) is 9.15. The molecule has 1 aliphatic heterocycles. The number of rotatable bonds is 8. The molecule has 3 heterocycles. The average molecular weight is 468 g/mol. The number of hydrogen-bond acceptors (Lipinski definition) is 3. The molecule has 1 N–H and O–H groups in total. The number of carbonyl (C=O) groups is 1. The second-order valence-corrected chi connectivity index (χ2v) is 9.15. The monoisotopic (exact) mass is 467 g/mol. The van der Waals surface area contributed by atoms with Gasteiger partial charge in [0.1, 0.15) is 18.1 Å². The minimum Gasteiger partial charge on any atom is -0.487 e. The first kappa shape index (κ1) is 22.8. The number of H-pyrrole nitrogens is 1. The molecule has 2 aromatic carbocycles. The number of nitrogens with zero attached hydrogens (tertiary/aromatic N) is 3. The topological polar surface area (TPSA) is 62.1 Å². The van der Waals surface area contributed by atoms with Crippen molar-refractivity contribution in [2.45, 2.75) is 32.4 Å². The number of piperidine rings is 1. The number of nitrogens with one attached hydrogen (secondary N) is 1. The van der Waals surface area contributed by atoms with Crippen LogP contribution in [-0.2, 0) is 24.4 Å². The van der Waals surface area contributed by atoms with Crippen LogP contribution in [0.2, 0.25) is 0 Å². The van der Waals surface area contributed by atoms with Gasteiger partial charge >= 0.3 is 0 Å². The van der Waals surface area contributed by atoms with E-state index in [1.807, 2.05) is 70.4 Å². The molecule has 1 amide bonds. The molecule has 0 bridgehead atoms. The maximum absolute atomic E-state index is 13.0. The molecule has 4 aromatic rings. The number of aromatic amines is 1. The maximum Gasteiger partial charge on any atom is 0.288 e. The molecule has 0 aliphatic carbocycles. The summed E-state index contributed by atoms with van der Waals surface area (Å²) in [5, 5.41) is 7.46. The van der Waals surface area contributed by atoms with E-state index in [9.17, 15) is 4.79 Å². The first-order valence-electron chi connectivity index (χ1n) is 12.3. The zero-order chi connectivity index (χ0) is 23.9. The summed E-state index contributed by atoms with van der Waals surface area (Å²) in [6, 6.07) is 26.3. The highest BCUT2D eigenvalue weighted by Crippen LogP contribution is 2.22. The van der Waals surface area contributed by atoms with Crippen molar-refractivity contribution in [1.82, 2.24) is 15.1 Å². The van der Waals surface area contributed by atoms with Crippen molar-refractivity contribution in [2.24, 2.45) is 5.92 Å². The summed E-state index contributed by atoms with van der Waals surface area (Å²) in [6.07, 6.45) is 7.16. The van der Waals surface area contributed by atoms with E-state index in [0.717, 1.165) is 55.1 Å². The fraction of sp³-hybridized carbons (Fsp3) is 0.276. The lowest BCUT2D eigenvalue weighted by Gasteiger charge is -2.31. The second kappa shape index (κ2) is 11.0. The van der Waals surface area contributed by atoms with Gasteiger partial charge in [-0.15, -0.1) is 0 Å². The Morgan fingerprint density at radius 3 is 2.51 bits per heavy atom. The molecule has 2 aromatic heterocycles. The fourth-order valence-corrected chi connectivity index (χ4v) is 4.63. The van der Waals surface area contributed by atoms with Crippen LogP contribution >= 0.6 is 0 Å². The van der Waals surface area contributed by atoms with E-state index in [4.69, 9.17) is 4.74 Å². The first-order chi connectivity index (χ1) is 17.2. The van der Waals surface area contributed by atoms with Gasteiger partial charge in [-0.3, -0.25) is 9.89 Å². The molecule has 0 saturated carbocycles. The molecule has 178 valence electrons. The molecule has 1 fully saturated rings. The molecule has 0 atom stereocenters. The smallest absolute Gasteiger partial charge is 0.288 e. The third-order valence-electron chi connectivity index (χ3n) is 6.58. The molecular formula is C29H31N4O2+. The van der Waals surface area contributed by atoms with Crippen molar-refractivity contribution in [1.29, 1.82) is 0 Å². The van der Waals surface area contributed by atoms with Crippen molar-refractivity contribution >= 4 is 5.91 Å². The van der Waals surface area contributed by atoms with E-state index in [-0.39, 0.29) is 5.91 Å². The molecule has 35 heavy (non-hydrogen) atoms. The van der Waals surface area contributed by atoms with Crippen LogP contribution in [0.15, 0.2) is 91.3 Å². The quantitative estimate of drug-likeness (QED) is 0.390. The van der Waals surface area contributed by atoms with Gasteiger partial charge in [0.05, 0.1) is 11.3 Å². The SMILES string of the molecule is O=C(C[n+]1cccc(-c2cc(COc3ccccc3)n[nH]2)c1)N1CCC(Cc2ccccc2)CC1. The number of aromatic nitrogens is 3. The first-order valence-corrected chi connectivity index (χ1v) is 12.3. The van der Waals surface area contributed by atoms with Crippen LogP contribution in [0.25, 0.3) is 11.3 Å². The third kappa shape index (κ3) is 6.15. The maximum atomic E-state index is 13.0. The summed E-state index contributed by atoms with van der Waals surface area (Å²) < 4.78 is 7.74. The molecule has 5 rings (SSSR count).